The highest BCUT2D eigenvalue weighted by Gasteiger charge is 2.43. The number of unbranched alkanes of at least 4 members (excludes halogenated alkanes) is 2. The molecule has 0 bridgehead atoms. The molecule has 2 saturated heterocycles. The number of carbonyl (C=O) groups is 1. The highest BCUT2D eigenvalue weighted by atomic mass is 16.7. The second-order valence-corrected chi connectivity index (χ2v) is 14.2. The molecule has 2 heterocycles. The van der Waals surface area contributed by atoms with Gasteiger partial charge in [-0.15, -0.1) is 0 Å². The molecule has 0 aliphatic carbocycles. The molecule has 2 fully saturated rings. The maximum Gasteiger partial charge on any atom is 0.410 e. The second-order valence-electron chi connectivity index (χ2n) is 14.2. The number of amides is 1. The molecule has 0 radical (unpaired) electrons. The molecule has 0 aromatic heterocycles. The Balaban J connectivity index is 1.43. The lowest BCUT2D eigenvalue weighted by molar-refractivity contribution is -0.154. The minimum absolute atomic E-state index is 0.185. The highest BCUT2D eigenvalue weighted by molar-refractivity contribution is 5.89. The Morgan fingerprint density at radius 3 is 2.38 bits per heavy atom. The van der Waals surface area contributed by atoms with Crippen LogP contribution >= 0.6 is 0 Å². The molecule has 3 aromatic carbocycles. The topological polar surface area (TPSA) is 84.9 Å². The van der Waals surface area contributed by atoms with Gasteiger partial charge in [0.1, 0.15) is 23.2 Å². The highest BCUT2D eigenvalue weighted by Crippen LogP contribution is 2.36. The lowest BCUT2D eigenvalue weighted by Crippen LogP contribution is -2.55. The van der Waals surface area contributed by atoms with Gasteiger partial charge in [-0.25, -0.2) is 4.79 Å². The summed E-state index contributed by atoms with van der Waals surface area (Å²) < 4.78 is 42.9. The molecule has 262 valence electrons. The molecule has 9 heteroatoms. The van der Waals surface area contributed by atoms with Crippen molar-refractivity contribution in [3.8, 4) is 11.5 Å². The number of piperidine rings is 1. The van der Waals surface area contributed by atoms with Crippen molar-refractivity contribution >= 4 is 16.9 Å². The third-order valence-electron chi connectivity index (χ3n) is 8.67. The third kappa shape index (κ3) is 9.62. The summed E-state index contributed by atoms with van der Waals surface area (Å²) in [5.74, 6) is 0.774. The molecular weight excluding hydrogens is 610 g/mol. The van der Waals surface area contributed by atoms with Crippen molar-refractivity contribution in [3.05, 3.63) is 71.8 Å². The summed E-state index contributed by atoms with van der Waals surface area (Å²) >= 11 is 0. The third-order valence-corrected chi connectivity index (χ3v) is 8.67. The van der Waals surface area contributed by atoms with E-state index in [2.05, 4.69) is 31.2 Å². The zero-order valence-corrected chi connectivity index (χ0v) is 29.7. The SMILES string of the molecule is CCCCCOc1ccc([C@@H]2[C@@H](OCc3cc(OC)c4ccccc4c3)CN(C(=O)OC(C)(C)C)C[C@H]2OCC2COC(C)(C)O2)cc1. The zero-order chi connectivity index (χ0) is 34.3. The Bertz CT molecular complexity index is 1480. The number of rotatable bonds is 13. The van der Waals surface area contributed by atoms with E-state index in [9.17, 15) is 4.79 Å². The van der Waals surface area contributed by atoms with Crippen molar-refractivity contribution in [2.24, 2.45) is 0 Å². The standard InChI is InChI=1S/C39H53NO8/c1-8-9-12-19-43-30-17-15-28(16-18-30)36-34(44-24-27-20-29-13-10-11-14-32(29)33(21-27)42-7)22-40(37(41)48-38(2,3)4)23-35(36)45-25-31-26-46-39(5,6)47-31/h10-11,13-18,20-21,31,34-36H,8-9,12,19,22-26H2,1-7H3/t31?,34-,35+,36+/m0/s1. The number of hydrogen-bond acceptors (Lipinski definition) is 8. The van der Waals surface area contributed by atoms with Crippen molar-refractivity contribution in [1.82, 2.24) is 4.90 Å². The van der Waals surface area contributed by atoms with Gasteiger partial charge in [-0.2, -0.15) is 0 Å². The van der Waals surface area contributed by atoms with Crippen LogP contribution in [-0.4, -0.2) is 80.7 Å². The first-order valence-corrected chi connectivity index (χ1v) is 17.3. The number of likely N-dealkylation sites (tertiary alicyclic amines) is 1. The normalized spacial score (nSPS) is 22.5. The average Bonchev–Trinajstić information content (AvgIpc) is 3.41. The molecular formula is C39H53NO8. The molecule has 3 aromatic rings. The molecule has 2 aliphatic heterocycles. The molecule has 1 amide bonds. The summed E-state index contributed by atoms with van der Waals surface area (Å²) in [5, 5.41) is 2.12. The van der Waals surface area contributed by atoms with Crippen molar-refractivity contribution < 1.29 is 38.0 Å². The predicted molar refractivity (Wildman–Crippen MR) is 186 cm³/mol. The van der Waals surface area contributed by atoms with Crippen LogP contribution in [0.5, 0.6) is 11.5 Å². The summed E-state index contributed by atoms with van der Waals surface area (Å²) in [4.78, 5) is 15.2. The van der Waals surface area contributed by atoms with Gasteiger partial charge in [0.05, 0.1) is 58.8 Å². The van der Waals surface area contributed by atoms with Gasteiger partial charge in [-0.05, 0) is 81.8 Å². The van der Waals surface area contributed by atoms with Crippen molar-refractivity contribution in [1.29, 1.82) is 0 Å². The number of carbonyl (C=O) groups excluding carboxylic acids is 1. The van der Waals surface area contributed by atoms with E-state index in [1.54, 1.807) is 12.0 Å². The largest absolute Gasteiger partial charge is 0.496 e. The second kappa shape index (κ2) is 15.9. The van der Waals surface area contributed by atoms with E-state index in [4.69, 9.17) is 33.2 Å². The van der Waals surface area contributed by atoms with Crippen LogP contribution in [0, 0.1) is 0 Å². The molecule has 2 aliphatic rings. The number of nitrogens with zero attached hydrogens (tertiary/aromatic N) is 1. The van der Waals surface area contributed by atoms with Crippen LogP contribution in [0.4, 0.5) is 4.79 Å². The predicted octanol–water partition coefficient (Wildman–Crippen LogP) is 7.87. The maximum absolute atomic E-state index is 13.5. The van der Waals surface area contributed by atoms with E-state index in [1.165, 1.54) is 0 Å². The fourth-order valence-electron chi connectivity index (χ4n) is 6.39. The monoisotopic (exact) mass is 663 g/mol. The van der Waals surface area contributed by atoms with Gasteiger partial charge >= 0.3 is 6.09 Å². The van der Waals surface area contributed by atoms with E-state index < -0.39 is 29.7 Å². The summed E-state index contributed by atoms with van der Waals surface area (Å²) in [6.07, 6.45) is 1.90. The first-order chi connectivity index (χ1) is 22.9. The Kier molecular flexibility index (Phi) is 11.9. The van der Waals surface area contributed by atoms with Crippen LogP contribution < -0.4 is 9.47 Å². The lowest BCUT2D eigenvalue weighted by atomic mass is 9.84. The fraction of sp³-hybridized carbons (Fsp3) is 0.564. The minimum Gasteiger partial charge on any atom is -0.496 e. The molecule has 1 unspecified atom stereocenters. The van der Waals surface area contributed by atoms with Crippen LogP contribution in [0.15, 0.2) is 60.7 Å². The van der Waals surface area contributed by atoms with Gasteiger partial charge in [0.25, 0.3) is 0 Å². The van der Waals surface area contributed by atoms with Crippen molar-refractivity contribution in [2.45, 2.75) is 103 Å². The summed E-state index contributed by atoms with van der Waals surface area (Å²) in [7, 11) is 1.68. The van der Waals surface area contributed by atoms with Crippen LogP contribution in [0.25, 0.3) is 10.8 Å². The number of hydrogen-bond donors (Lipinski definition) is 0. The Morgan fingerprint density at radius 1 is 0.979 bits per heavy atom. The van der Waals surface area contributed by atoms with Gasteiger partial charge in [-0.3, -0.25) is 0 Å². The quantitative estimate of drug-likeness (QED) is 0.171. The molecule has 0 spiro atoms. The Labute approximate surface area is 285 Å². The number of benzene rings is 3. The molecule has 0 saturated carbocycles. The molecule has 48 heavy (non-hydrogen) atoms. The molecule has 5 rings (SSSR count). The number of methoxy groups -OCH3 is 1. The van der Waals surface area contributed by atoms with E-state index in [0.717, 1.165) is 52.7 Å². The first kappa shape index (κ1) is 35.9. The zero-order valence-electron chi connectivity index (χ0n) is 29.7. The first-order valence-electron chi connectivity index (χ1n) is 17.3. The van der Waals surface area contributed by atoms with Gasteiger partial charge in [0, 0.05) is 11.3 Å². The maximum atomic E-state index is 13.5. The van der Waals surface area contributed by atoms with Crippen LogP contribution in [0.3, 0.4) is 0 Å². The fourth-order valence-corrected chi connectivity index (χ4v) is 6.39. The van der Waals surface area contributed by atoms with Gasteiger partial charge in [0.2, 0.25) is 0 Å². The number of fused-ring (bicyclic) bond motifs is 1. The smallest absolute Gasteiger partial charge is 0.410 e. The summed E-state index contributed by atoms with van der Waals surface area (Å²) in [6, 6.07) is 20.5. The van der Waals surface area contributed by atoms with Crippen LogP contribution in [0.2, 0.25) is 0 Å². The van der Waals surface area contributed by atoms with Crippen LogP contribution in [-0.2, 0) is 30.3 Å². The molecule has 9 nitrogen and oxygen atoms in total. The van der Waals surface area contributed by atoms with E-state index >= 15 is 0 Å². The van der Waals surface area contributed by atoms with Gasteiger partial charge in [-0.1, -0.05) is 56.2 Å². The Morgan fingerprint density at radius 2 is 1.71 bits per heavy atom. The van der Waals surface area contributed by atoms with E-state index in [-0.39, 0.29) is 12.0 Å². The van der Waals surface area contributed by atoms with E-state index in [1.807, 2.05) is 71.0 Å². The van der Waals surface area contributed by atoms with Crippen molar-refractivity contribution in [3.63, 3.8) is 0 Å². The van der Waals surface area contributed by atoms with Crippen LogP contribution in [0.1, 0.15) is 77.8 Å². The van der Waals surface area contributed by atoms with E-state index in [0.29, 0.717) is 39.5 Å². The Hall–Kier alpha value is -3.37. The molecule has 0 N–H and O–H groups in total. The summed E-state index contributed by atoms with van der Waals surface area (Å²) in [6.45, 7) is 14.1. The minimum atomic E-state index is -0.665. The average molecular weight is 664 g/mol. The molecule has 4 atom stereocenters. The van der Waals surface area contributed by atoms with Crippen molar-refractivity contribution in [2.75, 3.05) is 40.0 Å². The summed E-state index contributed by atoms with van der Waals surface area (Å²) in [5.41, 5.74) is 1.39. The van der Waals surface area contributed by atoms with Gasteiger partial charge < -0.3 is 38.1 Å². The van der Waals surface area contributed by atoms with Gasteiger partial charge in [0.15, 0.2) is 5.79 Å². The lowest BCUT2D eigenvalue weighted by Gasteiger charge is -2.44. The number of ether oxygens (including phenoxy) is 7.